The van der Waals surface area contributed by atoms with E-state index in [0.29, 0.717) is 36.4 Å². The predicted octanol–water partition coefficient (Wildman–Crippen LogP) is 3.90. The predicted molar refractivity (Wildman–Crippen MR) is 117 cm³/mol. The lowest BCUT2D eigenvalue weighted by atomic mass is 9.51. The van der Waals surface area contributed by atoms with Crippen molar-refractivity contribution in [2.45, 2.75) is 52.0 Å². The van der Waals surface area contributed by atoms with E-state index in [1.807, 2.05) is 17.9 Å². The zero-order chi connectivity index (χ0) is 21.7. The van der Waals surface area contributed by atoms with Crippen molar-refractivity contribution in [2.75, 3.05) is 13.1 Å². The molecule has 4 rings (SSSR count). The van der Waals surface area contributed by atoms with E-state index in [9.17, 15) is 14.7 Å². The summed E-state index contributed by atoms with van der Waals surface area (Å²) in [6.45, 7) is 9.86. The van der Waals surface area contributed by atoms with Gasteiger partial charge in [0.2, 0.25) is 0 Å². The fraction of sp³-hybridized carbons (Fsp3) is 0.440. The Bertz CT molecular complexity index is 996. The Balaban J connectivity index is 1.67. The summed E-state index contributed by atoms with van der Waals surface area (Å²) < 4.78 is 0. The summed E-state index contributed by atoms with van der Waals surface area (Å²) in [5, 5.41) is 13.3. The number of carbonyl (C=O) groups excluding carboxylic acids is 2. The van der Waals surface area contributed by atoms with Crippen LogP contribution >= 0.6 is 0 Å². The molecule has 1 heterocycles. The first-order valence-corrected chi connectivity index (χ1v) is 10.7. The van der Waals surface area contributed by atoms with E-state index in [0.717, 1.165) is 12.0 Å². The molecule has 2 aromatic carbocycles. The second-order valence-corrected chi connectivity index (χ2v) is 9.26. The molecule has 1 aliphatic carbocycles. The van der Waals surface area contributed by atoms with Gasteiger partial charge >= 0.3 is 0 Å². The molecule has 1 unspecified atom stereocenters. The van der Waals surface area contributed by atoms with Crippen LogP contribution < -0.4 is 5.32 Å². The SMILES string of the molecule is CCNC(=O)c1ccc(C(=O)N2CC[C@@]3(C)c4cccc(O)c4CC2C3(C)C)cc1. The van der Waals surface area contributed by atoms with Gasteiger partial charge < -0.3 is 15.3 Å². The number of hydrogen-bond acceptors (Lipinski definition) is 3. The molecule has 1 aliphatic heterocycles. The zero-order valence-corrected chi connectivity index (χ0v) is 18.2. The summed E-state index contributed by atoms with van der Waals surface area (Å²) in [4.78, 5) is 27.4. The Labute approximate surface area is 178 Å². The van der Waals surface area contributed by atoms with E-state index >= 15 is 0 Å². The highest BCUT2D eigenvalue weighted by atomic mass is 16.3. The van der Waals surface area contributed by atoms with Gasteiger partial charge in [-0.25, -0.2) is 0 Å². The Morgan fingerprint density at radius 2 is 1.77 bits per heavy atom. The molecule has 5 heteroatoms. The molecule has 2 N–H and O–H groups in total. The summed E-state index contributed by atoms with van der Waals surface area (Å²) >= 11 is 0. The van der Waals surface area contributed by atoms with Gasteiger partial charge in [0, 0.05) is 35.7 Å². The molecule has 2 aliphatic rings. The molecule has 2 bridgehead atoms. The van der Waals surface area contributed by atoms with Gasteiger partial charge in [-0.1, -0.05) is 32.9 Å². The maximum atomic E-state index is 13.5. The van der Waals surface area contributed by atoms with E-state index in [2.05, 4.69) is 32.2 Å². The van der Waals surface area contributed by atoms with Crippen molar-refractivity contribution >= 4 is 11.8 Å². The minimum Gasteiger partial charge on any atom is -0.508 e. The highest BCUT2D eigenvalue weighted by Crippen LogP contribution is 2.57. The fourth-order valence-corrected chi connectivity index (χ4v) is 5.36. The molecule has 2 aromatic rings. The summed E-state index contributed by atoms with van der Waals surface area (Å²) in [6.07, 6.45) is 1.49. The maximum Gasteiger partial charge on any atom is 0.254 e. The quantitative estimate of drug-likeness (QED) is 0.812. The van der Waals surface area contributed by atoms with Crippen LogP contribution in [0.3, 0.4) is 0 Å². The minimum atomic E-state index is -0.136. The highest BCUT2D eigenvalue weighted by Gasteiger charge is 2.57. The third-order valence-electron chi connectivity index (χ3n) is 7.62. The summed E-state index contributed by atoms with van der Waals surface area (Å²) in [5.41, 5.74) is 3.07. The third-order valence-corrected chi connectivity index (χ3v) is 7.62. The molecule has 0 saturated carbocycles. The van der Waals surface area contributed by atoms with Crippen molar-refractivity contribution < 1.29 is 14.7 Å². The van der Waals surface area contributed by atoms with Crippen molar-refractivity contribution in [1.82, 2.24) is 10.2 Å². The molecule has 158 valence electrons. The number of piperidine rings is 1. The largest absolute Gasteiger partial charge is 0.508 e. The van der Waals surface area contributed by atoms with Crippen LogP contribution in [0, 0.1) is 5.41 Å². The first-order valence-electron chi connectivity index (χ1n) is 10.7. The number of benzene rings is 2. The Hall–Kier alpha value is -2.82. The van der Waals surface area contributed by atoms with Crippen LogP contribution in [0.2, 0.25) is 0 Å². The third kappa shape index (κ3) is 2.91. The van der Waals surface area contributed by atoms with Crippen molar-refractivity contribution in [2.24, 2.45) is 5.41 Å². The van der Waals surface area contributed by atoms with Crippen LogP contribution in [0.15, 0.2) is 42.5 Å². The van der Waals surface area contributed by atoms with Gasteiger partial charge in [-0.15, -0.1) is 0 Å². The molecule has 2 amide bonds. The lowest BCUT2D eigenvalue weighted by Gasteiger charge is -2.60. The number of phenolic OH excluding ortho intramolecular Hbond substituents is 1. The number of carbonyl (C=O) groups is 2. The summed E-state index contributed by atoms with van der Waals surface area (Å²) in [5.74, 6) is 0.169. The van der Waals surface area contributed by atoms with Crippen LogP contribution in [0.4, 0.5) is 0 Å². The monoisotopic (exact) mass is 406 g/mol. The van der Waals surface area contributed by atoms with Crippen molar-refractivity contribution in [1.29, 1.82) is 0 Å². The van der Waals surface area contributed by atoms with E-state index in [-0.39, 0.29) is 28.7 Å². The van der Waals surface area contributed by atoms with Crippen LogP contribution in [0.5, 0.6) is 5.75 Å². The van der Waals surface area contributed by atoms with Crippen LogP contribution in [0.25, 0.3) is 0 Å². The molecule has 1 fully saturated rings. The topological polar surface area (TPSA) is 69.6 Å². The lowest BCUT2D eigenvalue weighted by Crippen LogP contribution is -2.64. The van der Waals surface area contributed by atoms with Crippen molar-refractivity contribution in [3.05, 3.63) is 64.7 Å². The van der Waals surface area contributed by atoms with Crippen LogP contribution in [-0.4, -0.2) is 41.0 Å². The first-order chi connectivity index (χ1) is 14.2. The zero-order valence-electron chi connectivity index (χ0n) is 18.2. The number of likely N-dealkylation sites (tertiary alicyclic amines) is 1. The van der Waals surface area contributed by atoms with Crippen LogP contribution in [-0.2, 0) is 11.8 Å². The highest BCUT2D eigenvalue weighted by molar-refractivity contribution is 5.98. The standard InChI is InChI=1S/C25H30N2O3/c1-5-26-22(29)16-9-11-17(12-10-16)23(30)27-14-13-25(4)19-7-6-8-20(28)18(19)15-21(27)24(25,2)3/h6-12,21,28H,5,13-15H2,1-4H3,(H,26,29)/t21?,25-/m0/s1. The van der Waals surface area contributed by atoms with Gasteiger partial charge in [-0.2, -0.15) is 0 Å². The smallest absolute Gasteiger partial charge is 0.254 e. The van der Waals surface area contributed by atoms with E-state index < -0.39 is 0 Å². The van der Waals surface area contributed by atoms with Crippen molar-refractivity contribution in [3.63, 3.8) is 0 Å². The first kappa shape index (κ1) is 20.5. The Morgan fingerprint density at radius 3 is 2.43 bits per heavy atom. The number of fused-ring (bicyclic) bond motifs is 4. The van der Waals surface area contributed by atoms with Gasteiger partial charge in [-0.05, 0) is 66.6 Å². The number of amides is 2. The minimum absolute atomic E-state index is 0.00684. The van der Waals surface area contributed by atoms with Gasteiger partial charge in [0.25, 0.3) is 11.8 Å². The second kappa shape index (κ2) is 7.15. The number of aromatic hydroxyl groups is 1. The average Bonchev–Trinajstić information content (AvgIpc) is 2.71. The number of hydrogen-bond donors (Lipinski definition) is 2. The number of nitrogens with one attached hydrogen (secondary N) is 1. The number of nitrogens with zero attached hydrogens (tertiary/aromatic N) is 1. The Kier molecular flexibility index (Phi) is 4.88. The lowest BCUT2D eigenvalue weighted by molar-refractivity contribution is -0.0266. The number of rotatable bonds is 3. The molecule has 1 saturated heterocycles. The molecule has 5 nitrogen and oxygen atoms in total. The van der Waals surface area contributed by atoms with Gasteiger partial charge in [0.15, 0.2) is 0 Å². The molecule has 0 aromatic heterocycles. The molecular formula is C25H30N2O3. The van der Waals surface area contributed by atoms with Gasteiger partial charge in [-0.3, -0.25) is 9.59 Å². The molecule has 2 atom stereocenters. The average molecular weight is 407 g/mol. The van der Waals surface area contributed by atoms with E-state index in [1.54, 1.807) is 30.3 Å². The summed E-state index contributed by atoms with van der Waals surface area (Å²) in [6, 6.07) is 12.7. The normalized spacial score (nSPS) is 24.1. The molecule has 0 spiro atoms. The number of phenols is 1. The molecular weight excluding hydrogens is 376 g/mol. The summed E-state index contributed by atoms with van der Waals surface area (Å²) in [7, 11) is 0. The fourth-order valence-electron chi connectivity index (χ4n) is 5.36. The molecule has 30 heavy (non-hydrogen) atoms. The van der Waals surface area contributed by atoms with Gasteiger partial charge in [0.1, 0.15) is 5.75 Å². The van der Waals surface area contributed by atoms with Crippen LogP contribution in [0.1, 0.15) is 66.0 Å². The second-order valence-electron chi connectivity index (χ2n) is 9.26. The van der Waals surface area contributed by atoms with E-state index in [4.69, 9.17) is 0 Å². The van der Waals surface area contributed by atoms with E-state index in [1.165, 1.54) is 5.56 Å². The maximum absolute atomic E-state index is 13.5. The van der Waals surface area contributed by atoms with Crippen molar-refractivity contribution in [3.8, 4) is 5.75 Å². The Morgan fingerprint density at radius 1 is 1.10 bits per heavy atom. The van der Waals surface area contributed by atoms with Gasteiger partial charge in [0.05, 0.1) is 0 Å². The molecule has 0 radical (unpaired) electrons.